The molecule has 0 unspecified atom stereocenters. The molecule has 0 aliphatic rings. The van der Waals surface area contributed by atoms with E-state index < -0.39 is 0 Å². The van der Waals surface area contributed by atoms with Crippen molar-refractivity contribution in [1.29, 1.82) is 0 Å². The molecule has 0 aliphatic heterocycles. The van der Waals surface area contributed by atoms with Crippen LogP contribution < -0.4 is 0 Å². The fraction of sp³-hybridized carbons (Fsp3) is 0. The van der Waals surface area contributed by atoms with Gasteiger partial charge in [0.05, 0.1) is 11.0 Å². The molecule has 1 heterocycles. The van der Waals surface area contributed by atoms with Gasteiger partial charge in [0.15, 0.2) is 0 Å². The van der Waals surface area contributed by atoms with Crippen LogP contribution in [0.4, 0.5) is 0 Å². The van der Waals surface area contributed by atoms with Gasteiger partial charge in [-0.3, -0.25) is 0 Å². The first kappa shape index (κ1) is 19.4. The summed E-state index contributed by atoms with van der Waals surface area (Å²) in [7, 11) is 0. The van der Waals surface area contributed by atoms with E-state index in [2.05, 4.69) is 78.9 Å². The molecule has 0 bridgehead atoms. The summed E-state index contributed by atoms with van der Waals surface area (Å²) in [6.07, 6.45) is 0. The number of furan rings is 1. The maximum Gasteiger partial charge on any atom is 0.143 e. The van der Waals surface area contributed by atoms with Crippen LogP contribution in [0.1, 0.15) is 11.0 Å². The Balaban J connectivity index is 1.24. The third-order valence-electron chi connectivity index (χ3n) is 9.27. The second kappa shape index (κ2) is 10.2. The average molecular weight is 605 g/mol. The fourth-order valence-electron chi connectivity index (χ4n) is 7.21. The molecule has 218 valence electrons. The van der Waals surface area contributed by atoms with Gasteiger partial charge in [-0.05, 0) is 83.2 Å². The van der Waals surface area contributed by atoms with Gasteiger partial charge >= 0.3 is 0 Å². The largest absolute Gasteiger partial charge is 0.455 e. The van der Waals surface area contributed by atoms with E-state index in [0.29, 0.717) is 5.56 Å². The minimum atomic E-state index is -0.352. The molecule has 0 saturated heterocycles. The van der Waals surface area contributed by atoms with Crippen LogP contribution in [0, 0.1) is 0 Å². The molecular weight excluding hydrogens is 569 g/mol. The van der Waals surface area contributed by atoms with Crippen LogP contribution >= 0.6 is 0 Å². The van der Waals surface area contributed by atoms with E-state index in [1.807, 2.05) is 36.4 Å². The number of benzene rings is 9. The third kappa shape index (κ3) is 3.90. The Labute approximate surface area is 283 Å². The number of hydrogen-bond acceptors (Lipinski definition) is 1. The van der Waals surface area contributed by atoms with Crippen molar-refractivity contribution in [1.82, 2.24) is 0 Å². The summed E-state index contributed by atoms with van der Waals surface area (Å²) in [5, 5.41) is 7.34. The van der Waals surface area contributed by atoms with Gasteiger partial charge in [-0.15, -0.1) is 0 Å². The Kier molecular flexibility index (Phi) is 4.19. The second-order valence-electron chi connectivity index (χ2n) is 11.8. The molecule has 0 N–H and O–H groups in total. The van der Waals surface area contributed by atoms with Gasteiger partial charge in [0, 0.05) is 16.2 Å². The number of hydrogen-bond donors (Lipinski definition) is 0. The lowest BCUT2D eigenvalue weighted by atomic mass is 9.84. The van der Waals surface area contributed by atoms with Crippen LogP contribution in [0.2, 0.25) is 0 Å². The van der Waals surface area contributed by atoms with Gasteiger partial charge in [0.25, 0.3) is 0 Å². The maximum absolute atomic E-state index is 9.11. The molecule has 1 heteroatoms. The van der Waals surface area contributed by atoms with Crippen LogP contribution in [-0.2, 0) is 0 Å². The first-order valence-electron chi connectivity index (χ1n) is 19.5. The van der Waals surface area contributed by atoms with Crippen LogP contribution in [-0.4, -0.2) is 0 Å². The molecule has 9 aromatic carbocycles. The molecule has 0 saturated carbocycles. The van der Waals surface area contributed by atoms with Crippen molar-refractivity contribution in [3.05, 3.63) is 170 Å². The Bertz CT molecular complexity index is 3230. The summed E-state index contributed by atoms with van der Waals surface area (Å²) in [6, 6.07) is 38.4. The zero-order chi connectivity index (χ0) is 37.9. The lowest BCUT2D eigenvalue weighted by Gasteiger charge is -2.19. The molecule has 0 fully saturated rings. The number of rotatable bonds is 3. The Morgan fingerprint density at radius 2 is 1.04 bits per heavy atom. The minimum absolute atomic E-state index is 0.0302. The summed E-state index contributed by atoms with van der Waals surface area (Å²) in [5.41, 5.74) is 5.16. The highest BCUT2D eigenvalue weighted by Crippen LogP contribution is 2.46. The van der Waals surface area contributed by atoms with Crippen LogP contribution in [0.5, 0.6) is 0 Å². The van der Waals surface area contributed by atoms with E-state index in [-0.39, 0.29) is 86.6 Å². The summed E-state index contributed by atoms with van der Waals surface area (Å²) in [6.45, 7) is 0. The predicted molar refractivity (Wildman–Crippen MR) is 200 cm³/mol. The van der Waals surface area contributed by atoms with Gasteiger partial charge < -0.3 is 4.42 Å². The molecular formula is C46H28O. The molecule has 0 aliphatic carbocycles. The summed E-state index contributed by atoms with van der Waals surface area (Å²) >= 11 is 0. The van der Waals surface area contributed by atoms with Crippen molar-refractivity contribution in [2.75, 3.05) is 0 Å². The summed E-state index contributed by atoms with van der Waals surface area (Å²) in [5.74, 6) is 0. The van der Waals surface area contributed by atoms with Crippen molar-refractivity contribution in [2.45, 2.75) is 0 Å². The molecule has 10 rings (SSSR count). The molecule has 1 aromatic heterocycles. The maximum atomic E-state index is 9.11. The molecule has 0 radical (unpaired) electrons. The van der Waals surface area contributed by atoms with Gasteiger partial charge in [-0.25, -0.2) is 0 Å². The summed E-state index contributed by atoms with van der Waals surface area (Å²) in [4.78, 5) is 0. The van der Waals surface area contributed by atoms with Crippen molar-refractivity contribution >= 4 is 65.0 Å². The fourth-order valence-corrected chi connectivity index (χ4v) is 7.21. The molecule has 0 atom stereocenters. The lowest BCUT2D eigenvalue weighted by molar-refractivity contribution is 0.673. The molecule has 0 spiro atoms. The highest BCUT2D eigenvalue weighted by molar-refractivity contribution is 6.24. The van der Waals surface area contributed by atoms with Gasteiger partial charge in [0.1, 0.15) is 11.2 Å². The molecule has 1 nitrogen and oxygen atoms in total. The predicted octanol–water partition coefficient (Wildman–Crippen LogP) is 13.2. The molecule has 0 amide bonds. The van der Waals surface area contributed by atoms with Crippen molar-refractivity contribution in [3.8, 4) is 33.4 Å². The first-order chi connectivity index (χ1) is 26.7. The monoisotopic (exact) mass is 604 g/mol. The van der Waals surface area contributed by atoms with Crippen LogP contribution in [0.25, 0.3) is 98.4 Å². The zero-order valence-corrected chi connectivity index (χ0v) is 25.0. The second-order valence-corrected chi connectivity index (χ2v) is 11.8. The molecule has 10 aromatic rings. The highest BCUT2D eigenvalue weighted by Gasteiger charge is 2.19. The smallest absolute Gasteiger partial charge is 0.143 e. The standard InChI is InChI=1S/C46H28O/c1-3-14-33-29(11-1)13-9-21-36(33)44-39-18-7-5-16-37(39)43(38-17-6-8-19-40(38)44)32-25-23-31(24-26-32)34-20-10-22-42-45(34)41-28-27-30-12-2-4-15-35(30)46(41)47-42/h1-28H/i2D,4D,10D,15D,20D,22D,27D,28D. The summed E-state index contributed by atoms with van der Waals surface area (Å²) < 4.78 is 75.9. The van der Waals surface area contributed by atoms with Gasteiger partial charge in [-0.1, -0.05) is 158 Å². The van der Waals surface area contributed by atoms with E-state index in [9.17, 15) is 0 Å². The van der Waals surface area contributed by atoms with Gasteiger partial charge in [-0.2, -0.15) is 0 Å². The van der Waals surface area contributed by atoms with E-state index in [4.69, 9.17) is 15.4 Å². The van der Waals surface area contributed by atoms with E-state index >= 15 is 0 Å². The SMILES string of the molecule is [2H]c1cc2c([2H])c([2H])c3c(oc4c([2H])c([2H])c([2H])c(-c5ccc(-c6c7ccccc7c(-c7cccc8ccccc78)c7ccccc67)cc5)c43)c2c([2H])c1[2H]. The number of fused-ring (bicyclic) bond motifs is 8. The minimum Gasteiger partial charge on any atom is -0.455 e. The quantitative estimate of drug-likeness (QED) is 0.183. The normalized spacial score (nSPS) is 14.2. The van der Waals surface area contributed by atoms with E-state index in [1.54, 1.807) is 0 Å². The first-order valence-corrected chi connectivity index (χ1v) is 15.5. The van der Waals surface area contributed by atoms with Gasteiger partial charge in [0.2, 0.25) is 0 Å². The van der Waals surface area contributed by atoms with Crippen LogP contribution in [0.3, 0.4) is 0 Å². The highest BCUT2D eigenvalue weighted by atomic mass is 16.3. The molecule has 47 heavy (non-hydrogen) atoms. The van der Waals surface area contributed by atoms with E-state index in [1.165, 1.54) is 16.8 Å². The van der Waals surface area contributed by atoms with Crippen molar-refractivity contribution in [2.24, 2.45) is 0 Å². The Morgan fingerprint density at radius 3 is 1.81 bits per heavy atom. The third-order valence-corrected chi connectivity index (χ3v) is 9.27. The topological polar surface area (TPSA) is 13.1 Å². The van der Waals surface area contributed by atoms with E-state index in [0.717, 1.165) is 43.8 Å². The zero-order valence-electron chi connectivity index (χ0n) is 33.0. The average Bonchev–Trinajstić information content (AvgIpc) is 3.60. The van der Waals surface area contributed by atoms with Crippen molar-refractivity contribution < 1.29 is 15.4 Å². The lowest BCUT2D eigenvalue weighted by Crippen LogP contribution is -1.91. The van der Waals surface area contributed by atoms with Crippen molar-refractivity contribution in [3.63, 3.8) is 0 Å². The Hall–Kier alpha value is -6.18. The van der Waals surface area contributed by atoms with Crippen LogP contribution in [0.15, 0.2) is 174 Å². The Morgan fingerprint density at radius 1 is 0.383 bits per heavy atom.